The Kier molecular flexibility index (Phi) is 3.75. The minimum absolute atomic E-state index is 0.0371. The summed E-state index contributed by atoms with van der Waals surface area (Å²) in [5, 5.41) is 2.58. The van der Waals surface area contributed by atoms with Gasteiger partial charge in [0.25, 0.3) is 11.5 Å². The fourth-order valence-corrected chi connectivity index (χ4v) is 1.62. The van der Waals surface area contributed by atoms with Gasteiger partial charge < -0.3 is 10.3 Å². The van der Waals surface area contributed by atoms with Gasteiger partial charge in [0, 0.05) is 12.7 Å². The molecule has 0 unspecified atom stereocenters. The molecule has 1 heterocycles. The summed E-state index contributed by atoms with van der Waals surface area (Å²) < 4.78 is 13.3. The van der Waals surface area contributed by atoms with Gasteiger partial charge in [-0.3, -0.25) is 9.59 Å². The van der Waals surface area contributed by atoms with Crippen molar-refractivity contribution >= 4 is 5.91 Å². The molecule has 0 saturated heterocycles. The van der Waals surface area contributed by atoms with Gasteiger partial charge >= 0.3 is 0 Å². The molecule has 98 valence electrons. The summed E-state index contributed by atoms with van der Waals surface area (Å²) in [4.78, 5) is 25.6. The molecule has 0 saturated carbocycles. The van der Waals surface area contributed by atoms with E-state index in [0.717, 1.165) is 0 Å². The summed E-state index contributed by atoms with van der Waals surface area (Å²) in [6.45, 7) is 1.84. The molecule has 0 bridgehead atoms. The van der Waals surface area contributed by atoms with Crippen LogP contribution in [0, 0.1) is 12.7 Å². The number of aryl methyl sites for hydroxylation is 1. The molecule has 19 heavy (non-hydrogen) atoms. The van der Waals surface area contributed by atoms with Gasteiger partial charge in [-0.25, -0.2) is 4.39 Å². The molecule has 4 nitrogen and oxygen atoms in total. The maximum absolute atomic E-state index is 13.3. The number of H-pyrrole nitrogens is 1. The molecule has 1 aromatic heterocycles. The number of carbonyl (C=O) groups is 1. The van der Waals surface area contributed by atoms with Crippen LogP contribution in [0.1, 0.15) is 21.5 Å². The molecule has 0 spiro atoms. The summed E-state index contributed by atoms with van der Waals surface area (Å²) in [7, 11) is 0. The number of nitrogens with one attached hydrogen (secondary N) is 2. The number of aromatic amines is 1. The number of carbonyl (C=O) groups excluding carboxylic acids is 1. The standard InChI is InChI=1S/C14H13FN2O2/c1-9-4-5-10(7-12(9)15)8-17-14(19)11-3-2-6-16-13(11)18/h2-7H,8H2,1H3,(H,16,18)(H,17,19). The Bertz CT molecular complexity index is 664. The van der Waals surface area contributed by atoms with Crippen molar-refractivity contribution in [3.63, 3.8) is 0 Å². The molecule has 5 heteroatoms. The Hall–Kier alpha value is -2.43. The van der Waals surface area contributed by atoms with E-state index in [4.69, 9.17) is 0 Å². The minimum atomic E-state index is -0.483. The van der Waals surface area contributed by atoms with Crippen molar-refractivity contribution in [1.82, 2.24) is 10.3 Å². The lowest BCUT2D eigenvalue weighted by atomic mass is 10.1. The number of benzene rings is 1. The molecule has 0 atom stereocenters. The SMILES string of the molecule is Cc1ccc(CNC(=O)c2ccc[nH]c2=O)cc1F. The zero-order valence-corrected chi connectivity index (χ0v) is 10.4. The predicted molar refractivity (Wildman–Crippen MR) is 69.4 cm³/mol. The van der Waals surface area contributed by atoms with Crippen molar-refractivity contribution in [2.75, 3.05) is 0 Å². The maximum atomic E-state index is 13.3. The third-order valence-electron chi connectivity index (χ3n) is 2.75. The van der Waals surface area contributed by atoms with Crippen LogP contribution in [-0.4, -0.2) is 10.9 Å². The smallest absolute Gasteiger partial charge is 0.260 e. The summed E-state index contributed by atoms with van der Waals surface area (Å²) in [6, 6.07) is 7.75. The minimum Gasteiger partial charge on any atom is -0.348 e. The quantitative estimate of drug-likeness (QED) is 0.883. The van der Waals surface area contributed by atoms with Gasteiger partial charge in [-0.2, -0.15) is 0 Å². The van der Waals surface area contributed by atoms with Gasteiger partial charge in [-0.15, -0.1) is 0 Å². The Morgan fingerprint density at radius 2 is 2.16 bits per heavy atom. The van der Waals surface area contributed by atoms with Crippen molar-refractivity contribution in [1.29, 1.82) is 0 Å². The normalized spacial score (nSPS) is 10.2. The van der Waals surface area contributed by atoms with Gasteiger partial charge in [0.1, 0.15) is 11.4 Å². The van der Waals surface area contributed by atoms with Gasteiger partial charge in [0.05, 0.1) is 0 Å². The molecule has 2 rings (SSSR count). The lowest BCUT2D eigenvalue weighted by Gasteiger charge is -2.06. The molecular formula is C14H13FN2O2. The first-order valence-electron chi connectivity index (χ1n) is 5.79. The second-order valence-electron chi connectivity index (χ2n) is 4.18. The number of pyridine rings is 1. The Balaban J connectivity index is 2.07. The Labute approximate surface area is 109 Å². The maximum Gasteiger partial charge on any atom is 0.260 e. The van der Waals surface area contributed by atoms with E-state index in [1.165, 1.54) is 18.3 Å². The molecule has 1 amide bonds. The zero-order valence-electron chi connectivity index (χ0n) is 10.4. The van der Waals surface area contributed by atoms with Crippen LogP contribution < -0.4 is 10.9 Å². The van der Waals surface area contributed by atoms with E-state index < -0.39 is 11.5 Å². The van der Waals surface area contributed by atoms with Crippen LogP contribution in [0.25, 0.3) is 0 Å². The molecule has 2 N–H and O–H groups in total. The van der Waals surface area contributed by atoms with Crippen molar-refractivity contribution < 1.29 is 9.18 Å². The summed E-state index contributed by atoms with van der Waals surface area (Å²) in [5.41, 5.74) is 0.781. The first kappa shape index (κ1) is 13.0. The van der Waals surface area contributed by atoms with Crippen LogP contribution in [0.5, 0.6) is 0 Å². The summed E-state index contributed by atoms with van der Waals surface area (Å²) in [5.74, 6) is -0.799. The van der Waals surface area contributed by atoms with Crippen molar-refractivity contribution in [2.24, 2.45) is 0 Å². The summed E-state index contributed by atoms with van der Waals surface area (Å²) in [6.07, 6.45) is 1.45. The van der Waals surface area contributed by atoms with E-state index >= 15 is 0 Å². The van der Waals surface area contributed by atoms with Crippen molar-refractivity contribution in [3.05, 3.63) is 69.4 Å². The molecule has 0 radical (unpaired) electrons. The average Bonchev–Trinajstić information content (AvgIpc) is 2.40. The summed E-state index contributed by atoms with van der Waals surface area (Å²) >= 11 is 0. The second kappa shape index (κ2) is 5.48. The molecule has 1 aromatic carbocycles. The van der Waals surface area contributed by atoms with E-state index in [-0.39, 0.29) is 17.9 Å². The lowest BCUT2D eigenvalue weighted by Crippen LogP contribution is -2.28. The van der Waals surface area contributed by atoms with E-state index in [1.807, 2.05) is 0 Å². The van der Waals surface area contributed by atoms with Crippen molar-refractivity contribution in [2.45, 2.75) is 13.5 Å². The first-order chi connectivity index (χ1) is 9.08. The van der Waals surface area contributed by atoms with E-state index in [1.54, 1.807) is 25.1 Å². The van der Waals surface area contributed by atoms with Crippen LogP contribution in [0.15, 0.2) is 41.3 Å². The molecule has 0 aliphatic carbocycles. The number of hydrogen-bond acceptors (Lipinski definition) is 2. The average molecular weight is 260 g/mol. The van der Waals surface area contributed by atoms with E-state index in [9.17, 15) is 14.0 Å². The van der Waals surface area contributed by atoms with Crippen LogP contribution in [0.2, 0.25) is 0 Å². The number of halogens is 1. The molecular weight excluding hydrogens is 247 g/mol. The number of amides is 1. The van der Waals surface area contributed by atoms with Gasteiger partial charge in [0.2, 0.25) is 0 Å². The molecule has 2 aromatic rings. The van der Waals surface area contributed by atoms with Crippen LogP contribution in [0.3, 0.4) is 0 Å². The number of hydrogen-bond donors (Lipinski definition) is 2. The highest BCUT2D eigenvalue weighted by Crippen LogP contribution is 2.08. The molecule has 0 fully saturated rings. The molecule has 0 aliphatic rings. The van der Waals surface area contributed by atoms with Crippen LogP contribution >= 0.6 is 0 Å². The zero-order chi connectivity index (χ0) is 13.8. The topological polar surface area (TPSA) is 62.0 Å². The largest absolute Gasteiger partial charge is 0.348 e. The first-order valence-corrected chi connectivity index (χ1v) is 5.79. The Morgan fingerprint density at radius 1 is 1.37 bits per heavy atom. The van der Waals surface area contributed by atoms with Gasteiger partial charge in [-0.1, -0.05) is 12.1 Å². The lowest BCUT2D eigenvalue weighted by molar-refractivity contribution is 0.0949. The van der Waals surface area contributed by atoms with Gasteiger partial charge in [-0.05, 0) is 36.2 Å². The highest BCUT2D eigenvalue weighted by molar-refractivity contribution is 5.93. The predicted octanol–water partition coefficient (Wildman–Crippen LogP) is 1.75. The highest BCUT2D eigenvalue weighted by atomic mass is 19.1. The van der Waals surface area contributed by atoms with E-state index in [2.05, 4.69) is 10.3 Å². The molecule has 0 aliphatic heterocycles. The number of aromatic nitrogens is 1. The van der Waals surface area contributed by atoms with Crippen molar-refractivity contribution in [3.8, 4) is 0 Å². The highest BCUT2D eigenvalue weighted by Gasteiger charge is 2.09. The monoisotopic (exact) mass is 260 g/mol. The van der Waals surface area contributed by atoms with Crippen LogP contribution in [-0.2, 0) is 6.54 Å². The fraction of sp³-hybridized carbons (Fsp3) is 0.143. The van der Waals surface area contributed by atoms with E-state index in [0.29, 0.717) is 11.1 Å². The second-order valence-corrected chi connectivity index (χ2v) is 4.18. The third-order valence-corrected chi connectivity index (χ3v) is 2.75. The third kappa shape index (κ3) is 3.07. The van der Waals surface area contributed by atoms with Crippen LogP contribution in [0.4, 0.5) is 4.39 Å². The number of rotatable bonds is 3. The van der Waals surface area contributed by atoms with Gasteiger partial charge in [0.15, 0.2) is 0 Å². The Morgan fingerprint density at radius 3 is 2.84 bits per heavy atom. The fourth-order valence-electron chi connectivity index (χ4n) is 1.62.